The standard InChI is InChI=1S/C10H10BrClN4/c1-6-10(11)7(2)16(15-6)5-8-3-14-9(12)4-13-8/h3-4H,5H2,1-2H3. The molecule has 0 radical (unpaired) electrons. The fourth-order valence-corrected chi connectivity index (χ4v) is 1.78. The van der Waals surface area contributed by atoms with Gasteiger partial charge in [0.15, 0.2) is 0 Å². The Labute approximate surface area is 107 Å². The summed E-state index contributed by atoms with van der Waals surface area (Å²) in [5, 5.41) is 4.80. The molecule has 0 saturated heterocycles. The Morgan fingerprint density at radius 1 is 1.31 bits per heavy atom. The lowest BCUT2D eigenvalue weighted by atomic mass is 10.4. The molecule has 0 bridgehead atoms. The molecule has 84 valence electrons. The van der Waals surface area contributed by atoms with E-state index < -0.39 is 0 Å². The fourth-order valence-electron chi connectivity index (χ4n) is 1.40. The Kier molecular flexibility index (Phi) is 3.25. The van der Waals surface area contributed by atoms with Crippen LogP contribution in [0.4, 0.5) is 0 Å². The largest absolute Gasteiger partial charge is 0.262 e. The molecule has 0 N–H and O–H groups in total. The summed E-state index contributed by atoms with van der Waals surface area (Å²) < 4.78 is 2.92. The van der Waals surface area contributed by atoms with Crippen molar-refractivity contribution in [1.82, 2.24) is 19.7 Å². The van der Waals surface area contributed by atoms with Gasteiger partial charge in [-0.3, -0.25) is 9.67 Å². The predicted octanol–water partition coefficient (Wildman–Crippen LogP) is 2.75. The van der Waals surface area contributed by atoms with Crippen LogP contribution >= 0.6 is 27.5 Å². The third-order valence-corrected chi connectivity index (χ3v) is 3.62. The summed E-state index contributed by atoms with van der Waals surface area (Å²) in [5.74, 6) is 0. The van der Waals surface area contributed by atoms with Crippen molar-refractivity contribution in [3.63, 3.8) is 0 Å². The molecule has 0 atom stereocenters. The molecule has 0 amide bonds. The van der Waals surface area contributed by atoms with Crippen molar-refractivity contribution in [3.8, 4) is 0 Å². The number of aryl methyl sites for hydroxylation is 1. The zero-order chi connectivity index (χ0) is 11.7. The van der Waals surface area contributed by atoms with Crippen molar-refractivity contribution < 1.29 is 0 Å². The average Bonchev–Trinajstić information content (AvgIpc) is 2.50. The summed E-state index contributed by atoms with van der Waals surface area (Å²) in [7, 11) is 0. The summed E-state index contributed by atoms with van der Waals surface area (Å²) in [6.45, 7) is 4.57. The first-order chi connectivity index (χ1) is 7.58. The molecule has 2 aromatic rings. The van der Waals surface area contributed by atoms with Crippen molar-refractivity contribution >= 4 is 27.5 Å². The number of hydrogen-bond donors (Lipinski definition) is 0. The summed E-state index contributed by atoms with van der Waals surface area (Å²) >= 11 is 9.16. The van der Waals surface area contributed by atoms with Gasteiger partial charge in [-0.1, -0.05) is 11.6 Å². The second-order valence-corrected chi connectivity index (χ2v) is 4.65. The van der Waals surface area contributed by atoms with Crippen LogP contribution in [0.25, 0.3) is 0 Å². The molecular formula is C10H10BrClN4. The molecule has 0 aliphatic rings. The van der Waals surface area contributed by atoms with Crippen LogP contribution in [0.15, 0.2) is 16.9 Å². The minimum absolute atomic E-state index is 0.401. The van der Waals surface area contributed by atoms with Crippen LogP contribution in [-0.4, -0.2) is 19.7 Å². The second-order valence-electron chi connectivity index (χ2n) is 3.47. The SMILES string of the molecule is Cc1nn(Cc2cnc(Cl)cn2)c(C)c1Br. The first-order valence-corrected chi connectivity index (χ1v) is 5.91. The zero-order valence-corrected chi connectivity index (χ0v) is 11.2. The van der Waals surface area contributed by atoms with Gasteiger partial charge in [0.25, 0.3) is 0 Å². The molecule has 0 spiro atoms. The topological polar surface area (TPSA) is 43.6 Å². The first-order valence-electron chi connectivity index (χ1n) is 4.74. The van der Waals surface area contributed by atoms with Gasteiger partial charge in [0, 0.05) is 0 Å². The number of hydrogen-bond acceptors (Lipinski definition) is 3. The fraction of sp³-hybridized carbons (Fsp3) is 0.300. The monoisotopic (exact) mass is 300 g/mol. The highest BCUT2D eigenvalue weighted by Gasteiger charge is 2.09. The molecule has 0 saturated carbocycles. The van der Waals surface area contributed by atoms with Crippen LogP contribution in [-0.2, 0) is 6.54 Å². The zero-order valence-electron chi connectivity index (χ0n) is 8.91. The van der Waals surface area contributed by atoms with Gasteiger partial charge >= 0.3 is 0 Å². The maximum absolute atomic E-state index is 5.67. The van der Waals surface area contributed by atoms with Gasteiger partial charge in [0.1, 0.15) is 5.15 Å². The van der Waals surface area contributed by atoms with Crippen LogP contribution in [0.2, 0.25) is 5.15 Å². The van der Waals surface area contributed by atoms with Gasteiger partial charge in [-0.15, -0.1) is 0 Å². The minimum atomic E-state index is 0.401. The highest BCUT2D eigenvalue weighted by molar-refractivity contribution is 9.10. The van der Waals surface area contributed by atoms with Crippen LogP contribution in [0.1, 0.15) is 17.1 Å². The van der Waals surface area contributed by atoms with E-state index in [4.69, 9.17) is 11.6 Å². The molecule has 0 unspecified atom stereocenters. The maximum atomic E-state index is 5.67. The van der Waals surface area contributed by atoms with Gasteiger partial charge in [0.05, 0.1) is 40.5 Å². The lowest BCUT2D eigenvalue weighted by Gasteiger charge is -2.03. The smallest absolute Gasteiger partial charge is 0.147 e. The van der Waals surface area contributed by atoms with E-state index >= 15 is 0 Å². The Hall–Kier alpha value is -0.940. The molecule has 6 heteroatoms. The van der Waals surface area contributed by atoms with Crippen LogP contribution in [0.5, 0.6) is 0 Å². The highest BCUT2D eigenvalue weighted by atomic mass is 79.9. The molecule has 0 aromatic carbocycles. The molecule has 2 heterocycles. The minimum Gasteiger partial charge on any atom is -0.262 e. The maximum Gasteiger partial charge on any atom is 0.147 e. The number of aromatic nitrogens is 4. The molecule has 0 aliphatic carbocycles. The van der Waals surface area contributed by atoms with E-state index in [1.165, 1.54) is 6.20 Å². The normalized spacial score (nSPS) is 10.8. The third-order valence-electron chi connectivity index (χ3n) is 2.28. The average molecular weight is 302 g/mol. The van der Waals surface area contributed by atoms with Gasteiger partial charge in [-0.2, -0.15) is 5.10 Å². The summed E-state index contributed by atoms with van der Waals surface area (Å²) in [5.41, 5.74) is 2.89. The molecule has 16 heavy (non-hydrogen) atoms. The molecule has 2 aromatic heterocycles. The quantitative estimate of drug-likeness (QED) is 0.856. The summed E-state index contributed by atoms with van der Waals surface area (Å²) in [6, 6.07) is 0. The molecule has 2 rings (SSSR count). The van der Waals surface area contributed by atoms with E-state index in [-0.39, 0.29) is 0 Å². The van der Waals surface area contributed by atoms with Gasteiger partial charge in [0.2, 0.25) is 0 Å². The van der Waals surface area contributed by atoms with Crippen molar-refractivity contribution in [1.29, 1.82) is 0 Å². The van der Waals surface area contributed by atoms with E-state index in [1.807, 2.05) is 18.5 Å². The third kappa shape index (κ3) is 2.25. The number of nitrogens with zero attached hydrogens (tertiary/aromatic N) is 4. The second kappa shape index (κ2) is 4.51. The number of halogens is 2. The van der Waals surface area contributed by atoms with Crippen LogP contribution in [0, 0.1) is 13.8 Å². The Balaban J connectivity index is 2.27. The van der Waals surface area contributed by atoms with Crippen molar-refractivity contribution in [2.24, 2.45) is 0 Å². The first kappa shape index (κ1) is 11.5. The van der Waals surface area contributed by atoms with Crippen molar-refractivity contribution in [2.45, 2.75) is 20.4 Å². The molecule has 0 fully saturated rings. The van der Waals surface area contributed by atoms with Crippen molar-refractivity contribution in [3.05, 3.63) is 39.1 Å². The van der Waals surface area contributed by atoms with E-state index in [0.717, 1.165) is 21.6 Å². The van der Waals surface area contributed by atoms with Crippen molar-refractivity contribution in [2.75, 3.05) is 0 Å². The lowest BCUT2D eigenvalue weighted by molar-refractivity contribution is 0.644. The Morgan fingerprint density at radius 3 is 2.56 bits per heavy atom. The van der Waals surface area contributed by atoms with E-state index in [9.17, 15) is 0 Å². The van der Waals surface area contributed by atoms with Gasteiger partial charge in [-0.25, -0.2) is 4.98 Å². The summed E-state index contributed by atoms with van der Waals surface area (Å²) in [6.07, 6.45) is 3.20. The van der Waals surface area contributed by atoms with Crippen LogP contribution < -0.4 is 0 Å². The number of rotatable bonds is 2. The predicted molar refractivity (Wildman–Crippen MR) is 65.5 cm³/mol. The van der Waals surface area contributed by atoms with Gasteiger partial charge < -0.3 is 0 Å². The molecular weight excluding hydrogens is 291 g/mol. The Morgan fingerprint density at radius 2 is 2.06 bits per heavy atom. The van der Waals surface area contributed by atoms with E-state index in [2.05, 4.69) is 31.0 Å². The van der Waals surface area contributed by atoms with Gasteiger partial charge in [-0.05, 0) is 29.8 Å². The van der Waals surface area contributed by atoms with E-state index in [0.29, 0.717) is 11.7 Å². The highest BCUT2D eigenvalue weighted by Crippen LogP contribution is 2.20. The van der Waals surface area contributed by atoms with Crippen LogP contribution in [0.3, 0.4) is 0 Å². The summed E-state index contributed by atoms with van der Waals surface area (Å²) in [4.78, 5) is 8.17. The molecule has 4 nitrogen and oxygen atoms in total. The lowest BCUT2D eigenvalue weighted by Crippen LogP contribution is -2.05. The molecule has 0 aliphatic heterocycles. The van der Waals surface area contributed by atoms with E-state index in [1.54, 1.807) is 6.20 Å². The Bertz CT molecular complexity index is 506.